The lowest BCUT2D eigenvalue weighted by molar-refractivity contribution is -0.148. The molecule has 0 bridgehead atoms. The Hall–Kier alpha value is -0.830. The standard InChI is InChI=1S/C11H20O3/c1-3-5-6-7-8-9-13-10-11(12)14-4-2/h3H,1,4-10H2,2H3. The van der Waals surface area contributed by atoms with E-state index in [1.807, 2.05) is 6.08 Å². The maximum absolute atomic E-state index is 10.8. The van der Waals surface area contributed by atoms with Gasteiger partial charge in [0, 0.05) is 6.61 Å². The molecular weight excluding hydrogens is 180 g/mol. The molecule has 0 spiro atoms. The summed E-state index contributed by atoms with van der Waals surface area (Å²) < 4.78 is 9.84. The second-order valence-corrected chi connectivity index (χ2v) is 3.00. The van der Waals surface area contributed by atoms with Crippen LogP contribution in [0.4, 0.5) is 0 Å². The molecule has 0 aromatic rings. The van der Waals surface area contributed by atoms with Crippen molar-refractivity contribution in [2.24, 2.45) is 0 Å². The zero-order valence-corrected chi connectivity index (χ0v) is 8.96. The van der Waals surface area contributed by atoms with Crippen LogP contribution in [0, 0.1) is 0 Å². The molecule has 0 heterocycles. The lowest BCUT2D eigenvalue weighted by atomic mass is 10.2. The van der Waals surface area contributed by atoms with E-state index in [9.17, 15) is 4.79 Å². The van der Waals surface area contributed by atoms with Crippen LogP contribution in [-0.2, 0) is 14.3 Å². The zero-order chi connectivity index (χ0) is 10.6. The first kappa shape index (κ1) is 13.2. The topological polar surface area (TPSA) is 35.5 Å². The molecule has 0 aliphatic heterocycles. The van der Waals surface area contributed by atoms with E-state index < -0.39 is 0 Å². The number of rotatable bonds is 9. The quantitative estimate of drug-likeness (QED) is 0.325. The fraction of sp³-hybridized carbons (Fsp3) is 0.727. The Morgan fingerprint density at radius 3 is 2.79 bits per heavy atom. The second kappa shape index (κ2) is 10.3. The first-order valence-electron chi connectivity index (χ1n) is 5.15. The van der Waals surface area contributed by atoms with Crippen LogP contribution >= 0.6 is 0 Å². The molecule has 0 saturated carbocycles. The molecule has 3 heteroatoms. The number of hydrogen-bond donors (Lipinski definition) is 0. The average molecular weight is 200 g/mol. The van der Waals surface area contributed by atoms with Crippen LogP contribution in [0.5, 0.6) is 0 Å². The van der Waals surface area contributed by atoms with Gasteiger partial charge in [-0.2, -0.15) is 0 Å². The monoisotopic (exact) mass is 200 g/mol. The van der Waals surface area contributed by atoms with Gasteiger partial charge in [0.05, 0.1) is 6.61 Å². The summed E-state index contributed by atoms with van der Waals surface area (Å²) in [5.41, 5.74) is 0. The summed E-state index contributed by atoms with van der Waals surface area (Å²) in [4.78, 5) is 10.8. The third-order valence-corrected chi connectivity index (χ3v) is 1.72. The van der Waals surface area contributed by atoms with Crippen molar-refractivity contribution >= 4 is 5.97 Å². The Kier molecular flexibility index (Phi) is 9.64. The van der Waals surface area contributed by atoms with Crippen LogP contribution < -0.4 is 0 Å². The van der Waals surface area contributed by atoms with Gasteiger partial charge >= 0.3 is 5.97 Å². The van der Waals surface area contributed by atoms with Crippen LogP contribution in [0.3, 0.4) is 0 Å². The molecule has 0 rings (SSSR count). The number of esters is 1. The van der Waals surface area contributed by atoms with Gasteiger partial charge in [0.25, 0.3) is 0 Å². The van der Waals surface area contributed by atoms with Crippen molar-refractivity contribution in [1.29, 1.82) is 0 Å². The summed E-state index contributed by atoms with van der Waals surface area (Å²) >= 11 is 0. The number of carbonyl (C=O) groups is 1. The summed E-state index contributed by atoms with van der Waals surface area (Å²) in [6.07, 6.45) is 6.23. The molecule has 3 nitrogen and oxygen atoms in total. The number of hydrogen-bond acceptors (Lipinski definition) is 3. The number of unbranched alkanes of at least 4 members (excludes halogenated alkanes) is 3. The molecule has 0 radical (unpaired) electrons. The Morgan fingerprint density at radius 1 is 1.36 bits per heavy atom. The third kappa shape index (κ3) is 9.26. The molecule has 0 fully saturated rings. The van der Waals surface area contributed by atoms with Crippen molar-refractivity contribution < 1.29 is 14.3 Å². The Morgan fingerprint density at radius 2 is 2.14 bits per heavy atom. The third-order valence-electron chi connectivity index (χ3n) is 1.72. The van der Waals surface area contributed by atoms with Gasteiger partial charge in [-0.25, -0.2) is 4.79 Å². The predicted molar refractivity (Wildman–Crippen MR) is 56.1 cm³/mol. The molecule has 0 aliphatic rings. The number of ether oxygens (including phenoxy) is 2. The molecule has 0 amide bonds. The molecular formula is C11H20O3. The minimum atomic E-state index is -0.279. The molecule has 0 atom stereocenters. The first-order valence-corrected chi connectivity index (χ1v) is 5.15. The van der Waals surface area contributed by atoms with E-state index in [-0.39, 0.29) is 12.6 Å². The van der Waals surface area contributed by atoms with Crippen molar-refractivity contribution in [3.05, 3.63) is 12.7 Å². The summed E-state index contributed by atoms with van der Waals surface area (Å²) in [7, 11) is 0. The molecule has 0 unspecified atom stereocenters. The van der Waals surface area contributed by atoms with Gasteiger partial charge in [0.2, 0.25) is 0 Å². The lowest BCUT2D eigenvalue weighted by Gasteiger charge is -2.03. The smallest absolute Gasteiger partial charge is 0.332 e. The summed E-state index contributed by atoms with van der Waals surface area (Å²) in [6.45, 7) is 6.56. The summed E-state index contributed by atoms with van der Waals surface area (Å²) in [6, 6.07) is 0. The largest absolute Gasteiger partial charge is 0.464 e. The van der Waals surface area contributed by atoms with Gasteiger partial charge in [-0.15, -0.1) is 6.58 Å². The predicted octanol–water partition coefficient (Wildman–Crippen LogP) is 2.31. The van der Waals surface area contributed by atoms with Crippen LogP contribution in [0.2, 0.25) is 0 Å². The van der Waals surface area contributed by atoms with Crippen molar-refractivity contribution in [2.45, 2.75) is 32.6 Å². The number of allylic oxidation sites excluding steroid dienone is 1. The highest BCUT2D eigenvalue weighted by Crippen LogP contribution is 2.00. The molecule has 82 valence electrons. The minimum Gasteiger partial charge on any atom is -0.464 e. The first-order chi connectivity index (χ1) is 6.81. The molecule has 0 aromatic carbocycles. The maximum atomic E-state index is 10.8. The molecule has 0 saturated heterocycles. The highest BCUT2D eigenvalue weighted by atomic mass is 16.6. The Labute approximate surface area is 86.1 Å². The highest BCUT2D eigenvalue weighted by Gasteiger charge is 1.99. The van der Waals surface area contributed by atoms with Gasteiger partial charge in [-0.3, -0.25) is 0 Å². The van der Waals surface area contributed by atoms with E-state index in [1.165, 1.54) is 0 Å². The number of carbonyl (C=O) groups excluding carboxylic acids is 1. The molecule has 0 N–H and O–H groups in total. The van der Waals surface area contributed by atoms with Gasteiger partial charge in [0.1, 0.15) is 6.61 Å². The van der Waals surface area contributed by atoms with E-state index in [2.05, 4.69) is 6.58 Å². The molecule has 14 heavy (non-hydrogen) atoms. The van der Waals surface area contributed by atoms with E-state index in [0.717, 1.165) is 25.7 Å². The van der Waals surface area contributed by atoms with E-state index in [1.54, 1.807) is 6.92 Å². The van der Waals surface area contributed by atoms with Crippen molar-refractivity contribution in [3.63, 3.8) is 0 Å². The van der Waals surface area contributed by atoms with Crippen LogP contribution in [-0.4, -0.2) is 25.8 Å². The van der Waals surface area contributed by atoms with Gasteiger partial charge in [0.15, 0.2) is 0 Å². The van der Waals surface area contributed by atoms with Gasteiger partial charge in [-0.05, 0) is 26.2 Å². The second-order valence-electron chi connectivity index (χ2n) is 3.00. The van der Waals surface area contributed by atoms with Crippen molar-refractivity contribution in [2.75, 3.05) is 19.8 Å². The average Bonchev–Trinajstić information content (AvgIpc) is 2.17. The molecule has 0 aromatic heterocycles. The summed E-state index contributed by atoms with van der Waals surface area (Å²) in [5.74, 6) is -0.279. The van der Waals surface area contributed by atoms with E-state index in [4.69, 9.17) is 9.47 Å². The highest BCUT2D eigenvalue weighted by molar-refractivity contribution is 5.70. The van der Waals surface area contributed by atoms with E-state index in [0.29, 0.717) is 13.2 Å². The van der Waals surface area contributed by atoms with Crippen LogP contribution in [0.15, 0.2) is 12.7 Å². The van der Waals surface area contributed by atoms with Gasteiger partial charge < -0.3 is 9.47 Å². The minimum absolute atomic E-state index is 0.0787. The van der Waals surface area contributed by atoms with Crippen LogP contribution in [0.25, 0.3) is 0 Å². The van der Waals surface area contributed by atoms with Gasteiger partial charge in [-0.1, -0.05) is 12.5 Å². The Balaban J connectivity index is 3.05. The normalized spacial score (nSPS) is 9.79. The lowest BCUT2D eigenvalue weighted by Crippen LogP contribution is -2.12. The zero-order valence-electron chi connectivity index (χ0n) is 8.96. The summed E-state index contributed by atoms with van der Waals surface area (Å²) in [5, 5.41) is 0. The SMILES string of the molecule is C=CCCCCCOCC(=O)OCC. The van der Waals surface area contributed by atoms with Crippen molar-refractivity contribution in [1.82, 2.24) is 0 Å². The van der Waals surface area contributed by atoms with Crippen LogP contribution in [0.1, 0.15) is 32.6 Å². The van der Waals surface area contributed by atoms with Crippen molar-refractivity contribution in [3.8, 4) is 0 Å². The molecule has 0 aliphatic carbocycles. The fourth-order valence-electron chi connectivity index (χ4n) is 1.03. The van der Waals surface area contributed by atoms with E-state index >= 15 is 0 Å². The Bertz CT molecular complexity index is 155. The maximum Gasteiger partial charge on any atom is 0.332 e. The fourth-order valence-corrected chi connectivity index (χ4v) is 1.03.